The van der Waals surface area contributed by atoms with Crippen LogP contribution in [0.15, 0.2) is 30.5 Å². The van der Waals surface area contributed by atoms with Gasteiger partial charge in [-0.05, 0) is 18.1 Å². The van der Waals surface area contributed by atoms with Crippen molar-refractivity contribution in [1.29, 1.82) is 0 Å². The third-order valence-electron chi connectivity index (χ3n) is 2.49. The molecular formula is C12H14ClN3O. The van der Waals surface area contributed by atoms with Gasteiger partial charge in [0.2, 0.25) is 0 Å². The van der Waals surface area contributed by atoms with Crippen LogP contribution in [0.3, 0.4) is 0 Å². The monoisotopic (exact) mass is 251 g/mol. The molecule has 0 unspecified atom stereocenters. The van der Waals surface area contributed by atoms with Crippen LogP contribution >= 0.6 is 11.6 Å². The van der Waals surface area contributed by atoms with Crippen LogP contribution in [0, 0.1) is 0 Å². The fourth-order valence-electron chi connectivity index (χ4n) is 1.64. The first kappa shape index (κ1) is 12.1. The molecular weight excluding hydrogens is 238 g/mol. The van der Waals surface area contributed by atoms with Crippen LogP contribution in [0.25, 0.3) is 5.69 Å². The zero-order valence-corrected chi connectivity index (χ0v) is 10.4. The molecule has 1 heterocycles. The van der Waals surface area contributed by atoms with Crippen LogP contribution < -0.4 is 0 Å². The molecule has 0 N–H and O–H groups in total. The van der Waals surface area contributed by atoms with E-state index < -0.39 is 0 Å². The molecule has 4 nitrogen and oxygen atoms in total. The Morgan fingerprint density at radius 1 is 1.35 bits per heavy atom. The molecule has 0 atom stereocenters. The van der Waals surface area contributed by atoms with Gasteiger partial charge >= 0.3 is 0 Å². The highest BCUT2D eigenvalue weighted by Crippen LogP contribution is 2.14. The van der Waals surface area contributed by atoms with Crippen molar-refractivity contribution in [3.8, 4) is 5.69 Å². The van der Waals surface area contributed by atoms with Crippen molar-refractivity contribution < 1.29 is 4.74 Å². The van der Waals surface area contributed by atoms with Crippen molar-refractivity contribution in [2.24, 2.45) is 0 Å². The van der Waals surface area contributed by atoms with Crippen molar-refractivity contribution in [2.45, 2.75) is 12.3 Å². The van der Waals surface area contributed by atoms with Crippen molar-refractivity contribution in [1.82, 2.24) is 15.0 Å². The molecule has 5 heteroatoms. The SMILES string of the molecule is COCCc1ccccc1-n1cc(CCl)nn1. The first-order valence-electron chi connectivity index (χ1n) is 5.39. The van der Waals surface area contributed by atoms with E-state index in [1.54, 1.807) is 11.8 Å². The molecule has 0 saturated heterocycles. The van der Waals surface area contributed by atoms with E-state index in [9.17, 15) is 0 Å². The van der Waals surface area contributed by atoms with Gasteiger partial charge in [0.05, 0.1) is 30.1 Å². The van der Waals surface area contributed by atoms with E-state index in [1.165, 1.54) is 5.56 Å². The van der Waals surface area contributed by atoms with Crippen LogP contribution in [0.2, 0.25) is 0 Å². The molecule has 90 valence electrons. The fraction of sp³-hybridized carbons (Fsp3) is 0.333. The highest BCUT2D eigenvalue weighted by atomic mass is 35.5. The number of aromatic nitrogens is 3. The van der Waals surface area contributed by atoms with Crippen LogP contribution in [0.4, 0.5) is 0 Å². The van der Waals surface area contributed by atoms with Crippen LogP contribution in [-0.4, -0.2) is 28.7 Å². The minimum absolute atomic E-state index is 0.375. The number of rotatable bonds is 5. The van der Waals surface area contributed by atoms with E-state index in [-0.39, 0.29) is 0 Å². The topological polar surface area (TPSA) is 39.9 Å². The molecule has 0 radical (unpaired) electrons. The maximum Gasteiger partial charge on any atom is 0.0979 e. The first-order valence-corrected chi connectivity index (χ1v) is 5.93. The summed E-state index contributed by atoms with van der Waals surface area (Å²) in [4.78, 5) is 0. The number of ether oxygens (including phenoxy) is 1. The van der Waals surface area contributed by atoms with E-state index in [4.69, 9.17) is 16.3 Å². The zero-order valence-electron chi connectivity index (χ0n) is 9.64. The molecule has 2 rings (SSSR count). The highest BCUT2D eigenvalue weighted by molar-refractivity contribution is 6.16. The molecule has 0 saturated carbocycles. The Morgan fingerprint density at radius 3 is 2.88 bits per heavy atom. The lowest BCUT2D eigenvalue weighted by Crippen LogP contribution is -2.03. The number of nitrogens with zero attached hydrogens (tertiary/aromatic N) is 3. The number of benzene rings is 1. The molecule has 1 aromatic heterocycles. The van der Waals surface area contributed by atoms with Crippen molar-refractivity contribution in [3.05, 3.63) is 41.7 Å². The lowest BCUT2D eigenvalue weighted by molar-refractivity contribution is 0.202. The molecule has 0 aliphatic rings. The number of halogens is 1. The van der Waals surface area contributed by atoms with Crippen molar-refractivity contribution in [2.75, 3.05) is 13.7 Å². The van der Waals surface area contributed by atoms with Crippen molar-refractivity contribution in [3.63, 3.8) is 0 Å². The van der Waals surface area contributed by atoms with Crippen molar-refractivity contribution >= 4 is 11.6 Å². The summed E-state index contributed by atoms with van der Waals surface area (Å²) in [6.45, 7) is 0.689. The van der Waals surface area contributed by atoms with Gasteiger partial charge in [-0.25, -0.2) is 4.68 Å². The first-order chi connectivity index (χ1) is 8.35. The number of methoxy groups -OCH3 is 1. The lowest BCUT2D eigenvalue weighted by atomic mass is 10.1. The Balaban J connectivity index is 2.30. The lowest BCUT2D eigenvalue weighted by Gasteiger charge is -2.07. The average molecular weight is 252 g/mol. The summed E-state index contributed by atoms with van der Waals surface area (Å²) in [6, 6.07) is 8.07. The Kier molecular flexibility index (Phi) is 4.12. The Bertz CT molecular complexity index is 484. The minimum Gasteiger partial charge on any atom is -0.384 e. The van der Waals surface area contributed by atoms with Gasteiger partial charge in [0.1, 0.15) is 0 Å². The quantitative estimate of drug-likeness (QED) is 0.765. The molecule has 17 heavy (non-hydrogen) atoms. The molecule has 0 aliphatic heterocycles. The minimum atomic E-state index is 0.375. The summed E-state index contributed by atoms with van der Waals surface area (Å²) in [5.41, 5.74) is 2.97. The zero-order chi connectivity index (χ0) is 12.1. The summed E-state index contributed by atoms with van der Waals surface area (Å²) in [5, 5.41) is 8.05. The number of alkyl halides is 1. The maximum absolute atomic E-state index is 5.72. The highest BCUT2D eigenvalue weighted by Gasteiger charge is 2.06. The summed E-state index contributed by atoms with van der Waals surface area (Å²) in [7, 11) is 1.70. The second-order valence-corrected chi connectivity index (χ2v) is 3.93. The number of hydrogen-bond acceptors (Lipinski definition) is 3. The van der Waals surface area contributed by atoms with Crippen LogP contribution in [0.5, 0.6) is 0 Å². The Labute approximate surface area is 105 Å². The summed E-state index contributed by atoms with van der Waals surface area (Å²) < 4.78 is 6.85. The van der Waals surface area contributed by atoms with Gasteiger partial charge in [0, 0.05) is 7.11 Å². The molecule has 0 fully saturated rings. The van der Waals surface area contributed by atoms with Crippen LogP contribution in [0.1, 0.15) is 11.3 Å². The maximum atomic E-state index is 5.72. The molecule has 0 bridgehead atoms. The average Bonchev–Trinajstić information content (AvgIpc) is 2.85. The Hall–Kier alpha value is -1.39. The predicted molar refractivity (Wildman–Crippen MR) is 66.5 cm³/mol. The van der Waals surface area contributed by atoms with Gasteiger partial charge < -0.3 is 4.74 Å². The van der Waals surface area contributed by atoms with E-state index in [0.29, 0.717) is 12.5 Å². The van der Waals surface area contributed by atoms with E-state index >= 15 is 0 Å². The van der Waals surface area contributed by atoms with Gasteiger partial charge in [-0.1, -0.05) is 23.4 Å². The van der Waals surface area contributed by atoms with Gasteiger partial charge in [-0.2, -0.15) is 0 Å². The number of para-hydroxylation sites is 1. The standard InChI is InChI=1S/C12H14ClN3O/c1-17-7-6-10-4-2-3-5-12(10)16-9-11(8-13)14-15-16/h2-5,9H,6-8H2,1H3. The molecule has 0 amide bonds. The molecule has 0 aliphatic carbocycles. The largest absolute Gasteiger partial charge is 0.384 e. The second-order valence-electron chi connectivity index (χ2n) is 3.66. The third-order valence-corrected chi connectivity index (χ3v) is 2.77. The van der Waals surface area contributed by atoms with Crippen LogP contribution in [-0.2, 0) is 17.0 Å². The summed E-state index contributed by atoms with van der Waals surface area (Å²) >= 11 is 5.72. The fourth-order valence-corrected chi connectivity index (χ4v) is 1.76. The summed E-state index contributed by atoms with van der Waals surface area (Å²) in [6.07, 6.45) is 2.70. The summed E-state index contributed by atoms with van der Waals surface area (Å²) in [5.74, 6) is 0.375. The molecule has 1 aromatic carbocycles. The van der Waals surface area contributed by atoms with E-state index in [2.05, 4.69) is 16.4 Å². The number of hydrogen-bond donors (Lipinski definition) is 0. The van der Waals surface area contributed by atoms with Gasteiger partial charge in [0.15, 0.2) is 0 Å². The van der Waals surface area contributed by atoms with Gasteiger partial charge in [-0.3, -0.25) is 0 Å². The molecule has 2 aromatic rings. The smallest absolute Gasteiger partial charge is 0.0979 e. The third kappa shape index (κ3) is 2.84. The molecule has 0 spiro atoms. The second kappa shape index (κ2) is 5.80. The van der Waals surface area contributed by atoms with E-state index in [0.717, 1.165) is 17.8 Å². The van der Waals surface area contributed by atoms with Gasteiger partial charge in [-0.15, -0.1) is 16.7 Å². The Morgan fingerprint density at radius 2 is 2.18 bits per heavy atom. The predicted octanol–water partition coefficient (Wildman–Crippen LogP) is 2.20. The normalized spacial score (nSPS) is 10.7. The van der Waals surface area contributed by atoms with E-state index in [1.807, 2.05) is 24.4 Å². The van der Waals surface area contributed by atoms with Gasteiger partial charge in [0.25, 0.3) is 0 Å².